The molecule has 0 unspecified atom stereocenters. The number of methoxy groups -OCH3 is 2. The Labute approximate surface area is 372 Å². The maximum Gasteiger partial charge on any atom is 0.407 e. The number of H-pyrrole nitrogens is 2. The Hall–Kier alpha value is -6.58. The molecule has 6 aromatic rings. The molecule has 0 spiro atoms. The van der Waals surface area contributed by atoms with Crippen LogP contribution in [0.2, 0.25) is 0 Å². The fourth-order valence-corrected chi connectivity index (χ4v) is 9.41. The fourth-order valence-electron chi connectivity index (χ4n) is 9.41. The number of hydrogen-bond donors (Lipinski definition) is 4. The second-order valence-corrected chi connectivity index (χ2v) is 18.3. The molecule has 4 amide bonds. The predicted octanol–water partition coefficient (Wildman–Crippen LogP) is 8.07. The highest BCUT2D eigenvalue weighted by Gasteiger charge is 2.46. The maximum atomic E-state index is 14.0. The monoisotopic (exact) mass is 870 g/mol. The summed E-state index contributed by atoms with van der Waals surface area (Å²) >= 11 is 0. The summed E-state index contributed by atoms with van der Waals surface area (Å²) in [7, 11) is 2.59. The van der Waals surface area contributed by atoms with Crippen LogP contribution in [0.4, 0.5) is 9.59 Å². The molecular formula is C48H58N10O6. The van der Waals surface area contributed by atoms with E-state index in [1.807, 2.05) is 112 Å². The first-order chi connectivity index (χ1) is 30.6. The van der Waals surface area contributed by atoms with Gasteiger partial charge in [-0.25, -0.2) is 19.6 Å². The number of carbonyl (C=O) groups excluding carboxylic acids is 4. The molecule has 16 nitrogen and oxygen atoms in total. The second kappa shape index (κ2) is 17.5. The summed E-state index contributed by atoms with van der Waals surface area (Å²) in [6.07, 6.45) is 3.89. The Morgan fingerprint density at radius 1 is 0.594 bits per heavy atom. The average Bonchev–Trinajstić information content (AvgIpc) is 4.05. The topological polar surface area (TPSA) is 200 Å². The van der Waals surface area contributed by atoms with Crippen LogP contribution in [0, 0.1) is 23.7 Å². The van der Waals surface area contributed by atoms with Crippen molar-refractivity contribution in [3.8, 4) is 22.3 Å². The molecule has 2 aliphatic heterocycles. The summed E-state index contributed by atoms with van der Waals surface area (Å²) in [6.45, 7) is 16.0. The highest BCUT2D eigenvalue weighted by molar-refractivity contribution is 5.90. The molecule has 2 saturated heterocycles. The first kappa shape index (κ1) is 44.0. The van der Waals surface area contributed by atoms with Gasteiger partial charge in [0.15, 0.2) is 0 Å². The molecule has 4 aromatic heterocycles. The minimum Gasteiger partial charge on any atom is -0.453 e. The average molecular weight is 871 g/mol. The molecule has 8 rings (SSSR count). The molecule has 2 fully saturated rings. The number of nitrogens with one attached hydrogen (secondary N) is 4. The van der Waals surface area contributed by atoms with Crippen molar-refractivity contribution < 1.29 is 28.7 Å². The van der Waals surface area contributed by atoms with Gasteiger partial charge in [0.1, 0.15) is 23.7 Å². The zero-order valence-corrected chi connectivity index (χ0v) is 38.1. The summed E-state index contributed by atoms with van der Waals surface area (Å²) in [5.41, 5.74) is 8.43. The number of alkyl carbamates (subject to hydrolysis) is 2. The van der Waals surface area contributed by atoms with Crippen LogP contribution in [0.25, 0.3) is 55.4 Å². The number of nitrogens with zero attached hydrogens (tertiary/aromatic N) is 6. The number of hydrogen-bond acceptors (Lipinski definition) is 10. The summed E-state index contributed by atoms with van der Waals surface area (Å²) in [6, 6.07) is 14.0. The van der Waals surface area contributed by atoms with Gasteiger partial charge < -0.3 is 39.9 Å². The van der Waals surface area contributed by atoms with Crippen molar-refractivity contribution in [1.82, 2.24) is 50.3 Å². The normalized spacial score (nSPS) is 22.1. The lowest BCUT2D eigenvalue weighted by molar-refractivity contribution is -0.138. The zero-order valence-electron chi connectivity index (χ0n) is 38.1. The molecule has 0 aliphatic carbocycles. The Balaban J connectivity index is 1.02. The van der Waals surface area contributed by atoms with Crippen molar-refractivity contribution in [1.29, 1.82) is 0 Å². The van der Waals surface area contributed by atoms with Crippen LogP contribution in [0.5, 0.6) is 0 Å². The van der Waals surface area contributed by atoms with E-state index in [2.05, 4.69) is 34.4 Å². The second-order valence-electron chi connectivity index (χ2n) is 18.3. The molecule has 4 N–H and O–H groups in total. The molecule has 8 atom stereocenters. The maximum absolute atomic E-state index is 14.0. The number of ether oxygens (including phenoxy) is 2. The molecular weight excluding hydrogens is 813 g/mol. The molecule has 16 heteroatoms. The van der Waals surface area contributed by atoms with Crippen molar-refractivity contribution >= 4 is 57.1 Å². The number of pyridine rings is 2. The van der Waals surface area contributed by atoms with E-state index in [1.165, 1.54) is 14.2 Å². The van der Waals surface area contributed by atoms with E-state index < -0.39 is 24.3 Å². The number of amides is 4. The minimum absolute atomic E-state index is 0.0533. The molecule has 0 radical (unpaired) electrons. The first-order valence-electron chi connectivity index (χ1n) is 22.2. The van der Waals surface area contributed by atoms with Crippen LogP contribution >= 0.6 is 0 Å². The van der Waals surface area contributed by atoms with Gasteiger partial charge in [0, 0.05) is 35.6 Å². The molecule has 2 aromatic carbocycles. The van der Waals surface area contributed by atoms with Gasteiger partial charge in [-0.15, -0.1) is 0 Å². The third-order valence-corrected chi connectivity index (χ3v) is 13.5. The molecule has 336 valence electrons. The van der Waals surface area contributed by atoms with E-state index in [1.54, 1.807) is 0 Å². The molecule has 6 heterocycles. The van der Waals surface area contributed by atoms with Crippen LogP contribution in [-0.2, 0) is 19.1 Å². The lowest BCUT2D eigenvalue weighted by Crippen LogP contribution is -2.53. The van der Waals surface area contributed by atoms with E-state index in [0.29, 0.717) is 11.6 Å². The number of benzene rings is 2. The van der Waals surface area contributed by atoms with Gasteiger partial charge in [-0.2, -0.15) is 0 Å². The van der Waals surface area contributed by atoms with Gasteiger partial charge in [0.2, 0.25) is 11.8 Å². The Morgan fingerprint density at radius 3 is 1.34 bits per heavy atom. The zero-order chi connectivity index (χ0) is 45.7. The highest BCUT2D eigenvalue weighted by atomic mass is 16.5. The third-order valence-electron chi connectivity index (χ3n) is 13.5. The number of fused-ring (bicyclic) bond motifs is 3. The van der Waals surface area contributed by atoms with Gasteiger partial charge in [0.05, 0.1) is 59.4 Å². The Kier molecular flexibility index (Phi) is 12.1. The minimum atomic E-state index is -0.734. The van der Waals surface area contributed by atoms with Crippen LogP contribution in [-0.4, -0.2) is 102 Å². The quantitative estimate of drug-likeness (QED) is 0.104. The van der Waals surface area contributed by atoms with Crippen molar-refractivity contribution in [3.05, 3.63) is 72.6 Å². The summed E-state index contributed by atoms with van der Waals surface area (Å²) < 4.78 is 9.65. The van der Waals surface area contributed by atoms with Crippen molar-refractivity contribution in [2.45, 2.75) is 104 Å². The smallest absolute Gasteiger partial charge is 0.407 e. The van der Waals surface area contributed by atoms with E-state index in [0.717, 1.165) is 68.2 Å². The standard InChI is InChI=1S/C48H58N10O6/c1-23(2)41(55-47(61)63-9)45(59)57-27(7)25(5)15-39(57)43-51-33-13-11-29(17-37(33)53-43)31-19-35-36(49-21-31)20-32(22-50-35)30-12-14-34-38(18-30)54-44(52-34)40-16-26(6)28(8)58(40)46(60)42(24(3)4)56-48(62)64-10/h11-14,17-28,39-42H,15-16H2,1-10H3,(H,51,53)(H,52,54)(H,55,61)(H,56,62)/t25-,26-,27-,28-,39+,40+,41+,42+/m1/s1. The van der Waals surface area contributed by atoms with E-state index in [-0.39, 0.29) is 59.7 Å². The predicted molar refractivity (Wildman–Crippen MR) is 244 cm³/mol. The van der Waals surface area contributed by atoms with E-state index >= 15 is 0 Å². The van der Waals surface area contributed by atoms with Gasteiger partial charge in [-0.05, 0) is 97.9 Å². The summed E-state index contributed by atoms with van der Waals surface area (Å²) in [5.74, 6) is 1.27. The molecule has 0 bridgehead atoms. The molecule has 64 heavy (non-hydrogen) atoms. The lowest BCUT2D eigenvalue weighted by atomic mass is 10.0. The fraction of sp³-hybridized carbons (Fsp3) is 0.458. The van der Waals surface area contributed by atoms with Crippen LogP contribution in [0.3, 0.4) is 0 Å². The van der Waals surface area contributed by atoms with Crippen LogP contribution < -0.4 is 10.6 Å². The number of carbonyl (C=O) groups is 4. The number of likely N-dealkylation sites (tertiary alicyclic amines) is 2. The number of aromatic amines is 2. The number of rotatable bonds is 10. The van der Waals surface area contributed by atoms with Gasteiger partial charge in [0.25, 0.3) is 0 Å². The largest absolute Gasteiger partial charge is 0.453 e. The SMILES string of the molecule is COC(=O)N[C@H](C(=O)N1[C@H](C)[C@H](C)C[C@H]1c1nc2ccc(-c3cnc4cc(-c5ccc6nc([C@@H]7C[C@@H](C)[C@@H](C)N7C(=O)[C@@H](NC(=O)OC)C(C)C)[nH]c6c5)cnc4c3)cc2[nH]1)C(C)C. The van der Waals surface area contributed by atoms with E-state index in [9.17, 15) is 19.2 Å². The first-order valence-corrected chi connectivity index (χ1v) is 22.2. The van der Waals surface area contributed by atoms with Crippen LogP contribution in [0.15, 0.2) is 60.9 Å². The van der Waals surface area contributed by atoms with Gasteiger partial charge in [-0.3, -0.25) is 19.6 Å². The van der Waals surface area contributed by atoms with Crippen molar-refractivity contribution in [3.63, 3.8) is 0 Å². The number of imidazole rings is 2. The van der Waals surface area contributed by atoms with Crippen molar-refractivity contribution in [2.75, 3.05) is 14.2 Å². The summed E-state index contributed by atoms with van der Waals surface area (Å²) in [4.78, 5) is 82.7. The molecule has 2 aliphatic rings. The third kappa shape index (κ3) is 8.21. The van der Waals surface area contributed by atoms with Crippen LogP contribution in [0.1, 0.15) is 92.0 Å². The summed E-state index contributed by atoms with van der Waals surface area (Å²) in [5, 5.41) is 5.48. The van der Waals surface area contributed by atoms with E-state index in [4.69, 9.17) is 29.4 Å². The lowest BCUT2D eigenvalue weighted by Gasteiger charge is -2.33. The molecule has 0 saturated carbocycles. The number of aromatic nitrogens is 6. The Bertz CT molecular complexity index is 2560. The van der Waals surface area contributed by atoms with Gasteiger partial charge >= 0.3 is 12.2 Å². The highest BCUT2D eigenvalue weighted by Crippen LogP contribution is 2.42. The van der Waals surface area contributed by atoms with Gasteiger partial charge in [-0.1, -0.05) is 53.7 Å². The van der Waals surface area contributed by atoms with Crippen molar-refractivity contribution in [2.24, 2.45) is 23.7 Å². The Morgan fingerprint density at radius 2 is 0.984 bits per heavy atom.